The maximum atomic E-state index is 12.3. The number of rotatable bonds is 8. The molecule has 108 valence electrons. The number of hydrogen-bond acceptors (Lipinski definition) is 2. The van der Waals surface area contributed by atoms with Crippen LogP contribution in [0.25, 0.3) is 0 Å². The van der Waals surface area contributed by atoms with E-state index >= 15 is 0 Å². The van der Waals surface area contributed by atoms with Gasteiger partial charge in [-0.15, -0.1) is 0 Å². The molecule has 20 heavy (non-hydrogen) atoms. The van der Waals surface area contributed by atoms with Gasteiger partial charge in [0.15, 0.2) is 0 Å². The van der Waals surface area contributed by atoms with E-state index in [-0.39, 0.29) is 11.9 Å². The summed E-state index contributed by atoms with van der Waals surface area (Å²) < 4.78 is 4.05. The molecule has 4 nitrogen and oxygen atoms in total. The number of carbonyl (C=O) groups excluding carboxylic acids is 1. The van der Waals surface area contributed by atoms with Crippen molar-refractivity contribution >= 4 is 17.7 Å². The third-order valence-corrected chi connectivity index (χ3v) is 3.86. The van der Waals surface area contributed by atoms with Gasteiger partial charge < -0.3 is 14.5 Å². The Morgan fingerprint density at radius 2 is 1.80 bits per heavy atom. The van der Waals surface area contributed by atoms with Gasteiger partial charge in [-0.05, 0) is 42.7 Å². The lowest BCUT2D eigenvalue weighted by atomic mass is 10.2. The molecule has 0 saturated heterocycles. The first-order valence-corrected chi connectivity index (χ1v) is 8.20. The van der Waals surface area contributed by atoms with E-state index in [9.17, 15) is 4.79 Å². The van der Waals surface area contributed by atoms with Crippen molar-refractivity contribution in [1.82, 2.24) is 14.5 Å². The summed E-state index contributed by atoms with van der Waals surface area (Å²) in [6.07, 6.45) is 10.8. The average Bonchev–Trinajstić information content (AvgIpc) is 3.12. The van der Waals surface area contributed by atoms with Crippen LogP contribution >= 0.6 is 11.8 Å². The number of aromatic nitrogens is 2. The van der Waals surface area contributed by atoms with Crippen molar-refractivity contribution < 1.29 is 4.79 Å². The van der Waals surface area contributed by atoms with E-state index < -0.39 is 0 Å². The summed E-state index contributed by atoms with van der Waals surface area (Å²) in [7, 11) is 0. The summed E-state index contributed by atoms with van der Waals surface area (Å²) in [6.45, 7) is 1.46. The van der Waals surface area contributed by atoms with Crippen molar-refractivity contribution in [1.29, 1.82) is 0 Å². The molecule has 1 N–H and O–H groups in total. The highest BCUT2D eigenvalue weighted by atomic mass is 32.2. The number of hydrogen-bond donors (Lipinski definition) is 1. The van der Waals surface area contributed by atoms with Crippen molar-refractivity contribution in [2.45, 2.75) is 19.0 Å². The zero-order valence-corrected chi connectivity index (χ0v) is 12.6. The van der Waals surface area contributed by atoms with Gasteiger partial charge in [-0.2, -0.15) is 11.8 Å². The molecule has 0 unspecified atom stereocenters. The zero-order valence-electron chi connectivity index (χ0n) is 11.7. The van der Waals surface area contributed by atoms with Crippen LogP contribution in [-0.4, -0.2) is 33.6 Å². The predicted molar refractivity (Wildman–Crippen MR) is 83.9 cm³/mol. The van der Waals surface area contributed by atoms with Crippen molar-refractivity contribution in [3.8, 4) is 0 Å². The lowest BCUT2D eigenvalue weighted by molar-refractivity contribution is -0.124. The molecule has 2 heterocycles. The van der Waals surface area contributed by atoms with Gasteiger partial charge in [0.2, 0.25) is 5.91 Å². The first kappa shape index (κ1) is 14.8. The van der Waals surface area contributed by atoms with Crippen LogP contribution in [0.15, 0.2) is 49.1 Å². The fraction of sp³-hybridized carbons (Fsp3) is 0.400. The van der Waals surface area contributed by atoms with Crippen molar-refractivity contribution in [2.24, 2.45) is 0 Å². The fourth-order valence-electron chi connectivity index (χ4n) is 2.15. The number of carbonyl (C=O) groups is 1. The maximum Gasteiger partial charge on any atom is 0.243 e. The van der Waals surface area contributed by atoms with Gasteiger partial charge in [-0.25, -0.2) is 0 Å². The molecule has 0 spiro atoms. The molecule has 0 aromatic carbocycles. The minimum atomic E-state index is -0.109. The first-order valence-electron chi connectivity index (χ1n) is 6.81. The lowest BCUT2D eigenvalue weighted by Crippen LogP contribution is -2.34. The summed E-state index contributed by atoms with van der Waals surface area (Å²) in [6, 6.07) is 7.78. The molecule has 5 heteroatoms. The van der Waals surface area contributed by atoms with Gasteiger partial charge in [-0.3, -0.25) is 4.79 Å². The Kier molecular flexibility index (Phi) is 5.80. The normalized spacial score (nSPS) is 12.2. The van der Waals surface area contributed by atoms with Crippen LogP contribution in [0.2, 0.25) is 0 Å². The van der Waals surface area contributed by atoms with Gasteiger partial charge in [-0.1, -0.05) is 0 Å². The highest BCUT2D eigenvalue weighted by Crippen LogP contribution is 2.14. The maximum absolute atomic E-state index is 12.3. The van der Waals surface area contributed by atoms with Crippen LogP contribution in [0.5, 0.6) is 0 Å². The van der Waals surface area contributed by atoms with Gasteiger partial charge in [0.05, 0.1) is 0 Å². The Morgan fingerprint density at radius 1 is 1.15 bits per heavy atom. The van der Waals surface area contributed by atoms with Crippen LogP contribution in [0.1, 0.15) is 12.5 Å². The van der Waals surface area contributed by atoms with Gasteiger partial charge >= 0.3 is 0 Å². The summed E-state index contributed by atoms with van der Waals surface area (Å²) in [5.41, 5.74) is 0. The lowest BCUT2D eigenvalue weighted by Gasteiger charge is -2.18. The van der Waals surface area contributed by atoms with Crippen molar-refractivity contribution in [2.75, 3.05) is 18.6 Å². The van der Waals surface area contributed by atoms with E-state index in [0.717, 1.165) is 18.7 Å². The van der Waals surface area contributed by atoms with Crippen LogP contribution in [0, 0.1) is 0 Å². The van der Waals surface area contributed by atoms with Crippen molar-refractivity contribution in [3.05, 3.63) is 49.1 Å². The second-order valence-corrected chi connectivity index (χ2v) is 5.63. The molecular formula is C15H21N3OS. The largest absolute Gasteiger partial charge is 0.353 e. The molecule has 2 rings (SSSR count). The molecule has 2 aromatic rings. The molecular weight excluding hydrogens is 270 g/mol. The monoisotopic (exact) mass is 291 g/mol. The molecule has 1 amide bonds. The summed E-state index contributed by atoms with van der Waals surface area (Å²) in [5, 5.41) is 3.03. The van der Waals surface area contributed by atoms with E-state index in [2.05, 4.69) is 16.1 Å². The second kappa shape index (κ2) is 7.85. The third kappa shape index (κ3) is 4.20. The molecule has 0 aliphatic heterocycles. The van der Waals surface area contributed by atoms with Gasteiger partial charge in [0, 0.05) is 37.9 Å². The Bertz CT molecular complexity index is 493. The van der Waals surface area contributed by atoms with E-state index in [4.69, 9.17) is 0 Å². The second-order valence-electron chi connectivity index (χ2n) is 4.64. The van der Waals surface area contributed by atoms with E-state index in [1.165, 1.54) is 0 Å². The number of nitrogens with one attached hydrogen (secondary N) is 1. The van der Waals surface area contributed by atoms with Crippen LogP contribution < -0.4 is 5.32 Å². The number of nitrogens with zero attached hydrogens (tertiary/aromatic N) is 2. The molecule has 0 radical (unpaired) electrons. The summed E-state index contributed by atoms with van der Waals surface area (Å²) in [5.74, 6) is 1.08. The smallest absolute Gasteiger partial charge is 0.243 e. The highest BCUT2D eigenvalue weighted by molar-refractivity contribution is 7.98. The molecule has 1 atom stereocenters. The van der Waals surface area contributed by atoms with Gasteiger partial charge in [0.1, 0.15) is 6.04 Å². The molecule has 2 aromatic heterocycles. The van der Waals surface area contributed by atoms with E-state index in [1.54, 1.807) is 11.8 Å². The fourth-order valence-corrected chi connectivity index (χ4v) is 2.60. The Labute approximate surface area is 124 Å². The predicted octanol–water partition coefficient (Wildman–Crippen LogP) is 2.40. The minimum absolute atomic E-state index is 0.0995. The Balaban J connectivity index is 1.86. The summed E-state index contributed by atoms with van der Waals surface area (Å²) >= 11 is 1.77. The topological polar surface area (TPSA) is 39.0 Å². The van der Waals surface area contributed by atoms with Crippen LogP contribution in [0.3, 0.4) is 0 Å². The van der Waals surface area contributed by atoms with Gasteiger partial charge in [0.25, 0.3) is 0 Å². The van der Waals surface area contributed by atoms with Crippen molar-refractivity contribution in [3.63, 3.8) is 0 Å². The Hall–Kier alpha value is -1.62. The Morgan fingerprint density at radius 3 is 2.45 bits per heavy atom. The SMILES string of the molecule is CSCC[C@H](C(=O)NCCn1cccc1)n1cccc1. The molecule has 0 fully saturated rings. The first-order chi connectivity index (χ1) is 9.81. The zero-order chi connectivity index (χ0) is 14.2. The third-order valence-electron chi connectivity index (χ3n) is 3.22. The highest BCUT2D eigenvalue weighted by Gasteiger charge is 2.18. The molecule has 0 saturated carbocycles. The molecule has 0 aliphatic rings. The number of thioether (sulfide) groups is 1. The molecule has 0 aliphatic carbocycles. The average molecular weight is 291 g/mol. The van der Waals surface area contributed by atoms with Crippen LogP contribution in [-0.2, 0) is 11.3 Å². The van der Waals surface area contributed by atoms with E-state index in [1.807, 2.05) is 53.6 Å². The quantitative estimate of drug-likeness (QED) is 0.811. The minimum Gasteiger partial charge on any atom is -0.353 e. The van der Waals surface area contributed by atoms with E-state index in [0.29, 0.717) is 6.54 Å². The molecule has 0 bridgehead atoms. The standard InChI is InChI=1S/C15H21N3OS/c1-20-13-6-14(18-10-4-5-11-18)15(19)16-7-12-17-8-2-3-9-17/h2-5,8-11,14H,6-7,12-13H2,1H3,(H,16,19)/t14-/m1/s1. The summed E-state index contributed by atoms with van der Waals surface area (Å²) in [4.78, 5) is 12.3. The number of amides is 1. The van der Waals surface area contributed by atoms with Crippen LogP contribution in [0.4, 0.5) is 0 Å².